The Morgan fingerprint density at radius 1 is 1.17 bits per heavy atom. The largest absolute Gasteiger partial charge is 0.508 e. The number of rotatable bonds is 3. The van der Waals surface area contributed by atoms with Crippen LogP contribution in [0.3, 0.4) is 0 Å². The minimum absolute atomic E-state index is 0.0613. The van der Waals surface area contributed by atoms with E-state index in [0.717, 1.165) is 58.1 Å². The van der Waals surface area contributed by atoms with Gasteiger partial charge in [-0.05, 0) is 66.8 Å². The predicted molar refractivity (Wildman–Crippen MR) is 114 cm³/mol. The second kappa shape index (κ2) is 7.49. The number of piperidine rings is 1. The third-order valence-electron chi connectivity index (χ3n) is 7.77. The van der Waals surface area contributed by atoms with Crippen LogP contribution in [-0.4, -0.2) is 42.1 Å². The minimum Gasteiger partial charge on any atom is -0.508 e. The van der Waals surface area contributed by atoms with Gasteiger partial charge in [0.2, 0.25) is 6.41 Å². The van der Waals surface area contributed by atoms with Crippen LogP contribution < -0.4 is 5.32 Å². The van der Waals surface area contributed by atoms with Gasteiger partial charge in [-0.2, -0.15) is 0 Å². The summed E-state index contributed by atoms with van der Waals surface area (Å²) in [5.74, 6) is 1.28. The molecule has 1 spiro atoms. The maximum Gasteiger partial charge on any atom is 0.209 e. The van der Waals surface area contributed by atoms with Crippen LogP contribution in [0.4, 0.5) is 0 Å². The number of likely N-dealkylation sites (tertiary alicyclic amines) is 1. The molecule has 4 nitrogen and oxygen atoms in total. The first-order valence-corrected chi connectivity index (χ1v) is 11.0. The molecule has 2 heterocycles. The number of nitrogens with one attached hydrogen (secondary N) is 1. The summed E-state index contributed by atoms with van der Waals surface area (Å²) < 4.78 is 0. The fraction of sp³-hybridized carbons (Fsp3) is 0.480. The fourth-order valence-corrected chi connectivity index (χ4v) is 6.42. The number of aryl methyl sites for hydroxylation is 1. The summed E-state index contributed by atoms with van der Waals surface area (Å²) in [4.78, 5) is 14.1. The summed E-state index contributed by atoms with van der Waals surface area (Å²) >= 11 is 0. The van der Waals surface area contributed by atoms with Crippen molar-refractivity contribution in [1.29, 1.82) is 0 Å². The number of nitrogens with zero attached hydrogens (tertiary/aromatic N) is 1. The van der Waals surface area contributed by atoms with Gasteiger partial charge < -0.3 is 15.3 Å². The number of carbonyl (C=O) groups excluding carboxylic acids is 1. The molecule has 29 heavy (non-hydrogen) atoms. The first kappa shape index (κ1) is 18.7. The highest BCUT2D eigenvalue weighted by Gasteiger charge is 2.51. The standard InChI is InChI=1S/C25H30N2O2/c28-17-27-12-10-19(18-5-2-1-3-6-18)14-24(27)23-15-26-16-25(23)11-4-7-20-13-21(29)8-9-22(20)25/h1-3,5-6,8-9,13,17,19,23-24,26,29H,4,7,10-12,14-16H2/t19?,23-,24?,25-/m0/s1. The lowest BCUT2D eigenvalue weighted by Gasteiger charge is -2.48. The molecule has 4 atom stereocenters. The molecule has 2 fully saturated rings. The molecule has 5 rings (SSSR count). The quantitative estimate of drug-likeness (QED) is 0.788. The summed E-state index contributed by atoms with van der Waals surface area (Å²) in [6.07, 6.45) is 6.48. The van der Waals surface area contributed by atoms with Crippen LogP contribution in [0.5, 0.6) is 5.75 Å². The Bertz CT molecular complexity index is 884. The van der Waals surface area contributed by atoms with Gasteiger partial charge in [-0.3, -0.25) is 4.79 Å². The summed E-state index contributed by atoms with van der Waals surface area (Å²) in [6.45, 7) is 2.76. The molecule has 2 N–H and O–H groups in total. The van der Waals surface area contributed by atoms with E-state index in [-0.39, 0.29) is 11.5 Å². The molecule has 1 aliphatic carbocycles. The van der Waals surface area contributed by atoms with Gasteiger partial charge in [0.25, 0.3) is 0 Å². The van der Waals surface area contributed by atoms with Gasteiger partial charge in [0.15, 0.2) is 0 Å². The van der Waals surface area contributed by atoms with Crippen molar-refractivity contribution < 1.29 is 9.90 Å². The normalized spacial score (nSPS) is 31.6. The molecule has 3 aliphatic rings. The second-order valence-corrected chi connectivity index (χ2v) is 9.13. The number of phenols is 1. The van der Waals surface area contributed by atoms with Crippen molar-refractivity contribution in [3.8, 4) is 5.75 Å². The van der Waals surface area contributed by atoms with E-state index in [2.05, 4.69) is 46.6 Å². The zero-order valence-corrected chi connectivity index (χ0v) is 16.9. The van der Waals surface area contributed by atoms with Gasteiger partial charge >= 0.3 is 0 Å². The number of aromatic hydroxyl groups is 1. The highest BCUT2D eigenvalue weighted by Crippen LogP contribution is 2.49. The lowest BCUT2D eigenvalue weighted by Crippen LogP contribution is -2.52. The van der Waals surface area contributed by atoms with Gasteiger partial charge in [-0.15, -0.1) is 0 Å². The fourth-order valence-electron chi connectivity index (χ4n) is 6.42. The zero-order valence-electron chi connectivity index (χ0n) is 16.9. The van der Waals surface area contributed by atoms with Gasteiger partial charge in [0.1, 0.15) is 5.75 Å². The van der Waals surface area contributed by atoms with Gasteiger partial charge in [0, 0.05) is 37.0 Å². The SMILES string of the molecule is O=CN1CCC(c2ccccc2)CC1[C@@H]1CNC[C@]12CCCc1cc(O)ccc12. The van der Waals surface area contributed by atoms with Crippen molar-refractivity contribution >= 4 is 6.41 Å². The molecule has 2 aromatic rings. The number of benzene rings is 2. The summed E-state index contributed by atoms with van der Waals surface area (Å²) in [5, 5.41) is 13.7. The molecule has 2 saturated heterocycles. The third kappa shape index (κ3) is 3.14. The molecule has 4 heteroatoms. The summed E-state index contributed by atoms with van der Waals surface area (Å²) in [7, 11) is 0. The van der Waals surface area contributed by atoms with Crippen LogP contribution in [0.2, 0.25) is 0 Å². The van der Waals surface area contributed by atoms with Crippen LogP contribution in [0.1, 0.15) is 48.3 Å². The first-order valence-electron chi connectivity index (χ1n) is 11.0. The van der Waals surface area contributed by atoms with Crippen molar-refractivity contribution in [2.45, 2.75) is 49.5 Å². The molecular weight excluding hydrogens is 360 g/mol. The molecule has 0 bridgehead atoms. The van der Waals surface area contributed by atoms with E-state index in [1.807, 2.05) is 12.1 Å². The number of hydrogen-bond donors (Lipinski definition) is 2. The number of phenolic OH excluding ortho intramolecular Hbond substituents is 1. The smallest absolute Gasteiger partial charge is 0.209 e. The van der Waals surface area contributed by atoms with Crippen LogP contribution >= 0.6 is 0 Å². The summed E-state index contributed by atoms with van der Waals surface area (Å²) in [6, 6.07) is 17.0. The van der Waals surface area contributed by atoms with Gasteiger partial charge in [-0.1, -0.05) is 36.4 Å². The first-order chi connectivity index (χ1) is 14.2. The van der Waals surface area contributed by atoms with E-state index < -0.39 is 0 Å². The Balaban J connectivity index is 1.51. The van der Waals surface area contributed by atoms with Crippen molar-refractivity contribution in [2.24, 2.45) is 5.92 Å². The Kier molecular flexibility index (Phi) is 4.83. The topological polar surface area (TPSA) is 52.6 Å². The molecule has 2 aliphatic heterocycles. The predicted octanol–water partition coefficient (Wildman–Crippen LogP) is 3.59. The monoisotopic (exact) mass is 390 g/mol. The highest BCUT2D eigenvalue weighted by atomic mass is 16.3. The number of amides is 1. The lowest BCUT2D eigenvalue weighted by molar-refractivity contribution is -0.123. The van der Waals surface area contributed by atoms with E-state index in [0.29, 0.717) is 17.6 Å². The van der Waals surface area contributed by atoms with Crippen molar-refractivity contribution in [1.82, 2.24) is 10.2 Å². The average Bonchev–Trinajstić information content (AvgIpc) is 3.17. The third-order valence-corrected chi connectivity index (χ3v) is 7.77. The van der Waals surface area contributed by atoms with Gasteiger partial charge in [-0.25, -0.2) is 0 Å². The van der Waals surface area contributed by atoms with Crippen LogP contribution in [0, 0.1) is 5.92 Å². The molecule has 0 saturated carbocycles. The van der Waals surface area contributed by atoms with Crippen molar-refractivity contribution in [2.75, 3.05) is 19.6 Å². The molecule has 152 valence electrons. The van der Waals surface area contributed by atoms with E-state index in [1.165, 1.54) is 16.7 Å². The van der Waals surface area contributed by atoms with Crippen LogP contribution in [0.25, 0.3) is 0 Å². The molecule has 2 aromatic carbocycles. The number of fused-ring (bicyclic) bond motifs is 2. The molecule has 1 amide bonds. The van der Waals surface area contributed by atoms with E-state index in [4.69, 9.17) is 0 Å². The van der Waals surface area contributed by atoms with Crippen LogP contribution in [-0.2, 0) is 16.6 Å². The maximum absolute atomic E-state index is 12.0. The van der Waals surface area contributed by atoms with E-state index in [9.17, 15) is 9.90 Å². The minimum atomic E-state index is 0.0613. The number of hydrogen-bond acceptors (Lipinski definition) is 3. The van der Waals surface area contributed by atoms with Gasteiger partial charge in [0.05, 0.1) is 0 Å². The molecule has 0 aromatic heterocycles. The Morgan fingerprint density at radius 2 is 2.03 bits per heavy atom. The molecule has 2 unspecified atom stereocenters. The maximum atomic E-state index is 12.0. The van der Waals surface area contributed by atoms with E-state index in [1.54, 1.807) is 0 Å². The number of carbonyl (C=O) groups is 1. The highest BCUT2D eigenvalue weighted by molar-refractivity contribution is 5.50. The average molecular weight is 391 g/mol. The zero-order chi connectivity index (χ0) is 19.8. The second-order valence-electron chi connectivity index (χ2n) is 9.13. The Labute approximate surface area is 172 Å². The molecular formula is C25H30N2O2. The lowest BCUT2D eigenvalue weighted by atomic mass is 9.61. The van der Waals surface area contributed by atoms with Crippen molar-refractivity contribution in [3.05, 3.63) is 65.2 Å². The summed E-state index contributed by atoms with van der Waals surface area (Å²) in [5.41, 5.74) is 4.14. The van der Waals surface area contributed by atoms with Crippen molar-refractivity contribution in [3.63, 3.8) is 0 Å². The van der Waals surface area contributed by atoms with E-state index >= 15 is 0 Å². The molecule has 0 radical (unpaired) electrons. The van der Waals surface area contributed by atoms with Crippen LogP contribution in [0.15, 0.2) is 48.5 Å². The Morgan fingerprint density at radius 3 is 2.86 bits per heavy atom. The Hall–Kier alpha value is -2.33.